The maximum atomic E-state index is 13.4. The highest BCUT2D eigenvalue weighted by atomic mass is 19.1. The summed E-state index contributed by atoms with van der Waals surface area (Å²) in [7, 11) is 1.80. The van der Waals surface area contributed by atoms with Crippen LogP contribution in [-0.4, -0.2) is 30.4 Å². The summed E-state index contributed by atoms with van der Waals surface area (Å²) in [5, 5.41) is 18.5. The highest BCUT2D eigenvalue weighted by molar-refractivity contribution is 5.56. The molecule has 0 aliphatic carbocycles. The predicted molar refractivity (Wildman–Crippen MR) is 62.1 cm³/mol. The van der Waals surface area contributed by atoms with Gasteiger partial charge in [-0.1, -0.05) is 0 Å². The van der Waals surface area contributed by atoms with E-state index in [9.17, 15) is 9.50 Å². The third-order valence-corrected chi connectivity index (χ3v) is 2.60. The fourth-order valence-electron chi connectivity index (χ4n) is 1.62. The van der Waals surface area contributed by atoms with Crippen LogP contribution in [0.25, 0.3) is 0 Å². The molecule has 0 saturated heterocycles. The van der Waals surface area contributed by atoms with E-state index in [1.165, 1.54) is 6.07 Å². The van der Waals surface area contributed by atoms with Gasteiger partial charge >= 0.3 is 0 Å². The van der Waals surface area contributed by atoms with Gasteiger partial charge in [-0.3, -0.25) is 0 Å². The molecule has 0 aliphatic heterocycles. The number of nitrogens with zero attached hydrogens (tertiary/aromatic N) is 1. The highest BCUT2D eigenvalue weighted by Gasteiger charge is 2.14. The quantitative estimate of drug-likeness (QED) is 0.821. The molecule has 1 atom stereocenters. The van der Waals surface area contributed by atoms with Gasteiger partial charge in [-0.25, -0.2) is 4.39 Å². The van der Waals surface area contributed by atoms with Crippen LogP contribution in [0.15, 0.2) is 12.1 Å². The molecule has 16 heavy (non-hydrogen) atoms. The van der Waals surface area contributed by atoms with Gasteiger partial charge in [0, 0.05) is 24.8 Å². The van der Waals surface area contributed by atoms with E-state index in [2.05, 4.69) is 0 Å². The van der Waals surface area contributed by atoms with Gasteiger partial charge < -0.3 is 15.1 Å². The molecule has 1 aromatic rings. The Hall–Kier alpha value is -1.13. The number of halogens is 1. The van der Waals surface area contributed by atoms with Crippen molar-refractivity contribution in [2.24, 2.45) is 0 Å². The van der Waals surface area contributed by atoms with Crippen LogP contribution in [0.3, 0.4) is 0 Å². The number of benzene rings is 1. The minimum absolute atomic E-state index is 0.0200. The Morgan fingerprint density at radius 2 is 2.06 bits per heavy atom. The lowest BCUT2D eigenvalue weighted by Gasteiger charge is -2.23. The van der Waals surface area contributed by atoms with Crippen molar-refractivity contribution in [2.45, 2.75) is 20.0 Å². The zero-order valence-electron chi connectivity index (χ0n) is 9.87. The molecule has 1 aromatic carbocycles. The van der Waals surface area contributed by atoms with Crippen molar-refractivity contribution < 1.29 is 14.6 Å². The van der Waals surface area contributed by atoms with E-state index in [0.717, 1.165) is 5.69 Å². The zero-order valence-corrected chi connectivity index (χ0v) is 9.87. The molecule has 0 fully saturated rings. The molecule has 0 heterocycles. The number of anilines is 1. The van der Waals surface area contributed by atoms with Crippen LogP contribution >= 0.6 is 0 Å². The lowest BCUT2D eigenvalue weighted by atomic mass is 10.0. The summed E-state index contributed by atoms with van der Waals surface area (Å²) >= 11 is 0. The molecule has 2 N–H and O–H groups in total. The Balaban J connectivity index is 3.19. The number of rotatable bonds is 4. The number of hydrogen-bond acceptors (Lipinski definition) is 3. The standard InChI is InChI=1S/C12H18FNO2/c1-8-6-12(14(3)4-5-15)10(9(2)16)7-11(8)13/h6-7,9,15-16H,4-5H2,1-3H3. The van der Waals surface area contributed by atoms with E-state index in [4.69, 9.17) is 5.11 Å². The van der Waals surface area contributed by atoms with E-state index in [1.54, 1.807) is 31.9 Å². The average Bonchev–Trinajstić information content (AvgIpc) is 2.21. The second-order valence-electron chi connectivity index (χ2n) is 3.98. The fraction of sp³-hybridized carbons (Fsp3) is 0.500. The van der Waals surface area contributed by atoms with Crippen LogP contribution in [0.4, 0.5) is 10.1 Å². The second-order valence-corrected chi connectivity index (χ2v) is 3.98. The largest absolute Gasteiger partial charge is 0.395 e. The lowest BCUT2D eigenvalue weighted by Crippen LogP contribution is -2.23. The number of likely N-dealkylation sites (N-methyl/N-ethyl adjacent to an activating group) is 1. The van der Waals surface area contributed by atoms with Gasteiger partial charge in [0.2, 0.25) is 0 Å². The van der Waals surface area contributed by atoms with Crippen LogP contribution < -0.4 is 4.90 Å². The van der Waals surface area contributed by atoms with Crippen molar-refractivity contribution in [3.05, 3.63) is 29.1 Å². The molecule has 0 aliphatic rings. The van der Waals surface area contributed by atoms with Crippen molar-refractivity contribution in [3.63, 3.8) is 0 Å². The molecule has 90 valence electrons. The molecule has 3 nitrogen and oxygen atoms in total. The summed E-state index contributed by atoms with van der Waals surface area (Å²) in [4.78, 5) is 1.80. The maximum Gasteiger partial charge on any atom is 0.126 e. The fourth-order valence-corrected chi connectivity index (χ4v) is 1.62. The number of hydrogen-bond donors (Lipinski definition) is 2. The van der Waals surface area contributed by atoms with Crippen molar-refractivity contribution in [2.75, 3.05) is 25.1 Å². The van der Waals surface area contributed by atoms with Crippen LogP contribution in [0, 0.1) is 12.7 Å². The third kappa shape index (κ3) is 2.71. The molecule has 0 spiro atoms. The summed E-state index contributed by atoms with van der Waals surface area (Å²) in [6.45, 7) is 3.74. The first-order valence-corrected chi connectivity index (χ1v) is 5.27. The van der Waals surface area contributed by atoms with E-state index in [0.29, 0.717) is 17.7 Å². The molecular weight excluding hydrogens is 209 g/mol. The van der Waals surface area contributed by atoms with Gasteiger partial charge in [0.15, 0.2) is 0 Å². The van der Waals surface area contributed by atoms with Crippen molar-refractivity contribution >= 4 is 5.69 Å². The number of aliphatic hydroxyl groups is 2. The molecule has 1 unspecified atom stereocenters. The van der Waals surface area contributed by atoms with Crippen molar-refractivity contribution in [1.29, 1.82) is 0 Å². The monoisotopic (exact) mass is 227 g/mol. The molecule has 0 saturated carbocycles. The predicted octanol–water partition coefficient (Wildman–Crippen LogP) is 1.62. The topological polar surface area (TPSA) is 43.7 Å². The summed E-state index contributed by atoms with van der Waals surface area (Å²) in [5.74, 6) is -0.322. The lowest BCUT2D eigenvalue weighted by molar-refractivity contribution is 0.199. The van der Waals surface area contributed by atoms with Crippen molar-refractivity contribution in [1.82, 2.24) is 0 Å². The molecule has 0 bridgehead atoms. The Labute approximate surface area is 95.1 Å². The Morgan fingerprint density at radius 1 is 1.44 bits per heavy atom. The van der Waals surface area contributed by atoms with E-state index in [-0.39, 0.29) is 12.4 Å². The first-order chi connectivity index (χ1) is 7.47. The molecule has 0 radical (unpaired) electrons. The average molecular weight is 227 g/mol. The summed E-state index contributed by atoms with van der Waals surface area (Å²) in [5.41, 5.74) is 1.83. The Morgan fingerprint density at radius 3 is 2.56 bits per heavy atom. The molecular formula is C12H18FNO2. The minimum atomic E-state index is -0.730. The summed E-state index contributed by atoms with van der Waals surface area (Å²) in [6, 6.07) is 3.04. The Bertz CT molecular complexity index is 366. The Kier molecular flexibility index (Phi) is 4.26. The van der Waals surface area contributed by atoms with Gasteiger partial charge in [-0.15, -0.1) is 0 Å². The molecule has 0 aromatic heterocycles. The minimum Gasteiger partial charge on any atom is -0.395 e. The zero-order chi connectivity index (χ0) is 12.3. The summed E-state index contributed by atoms with van der Waals surface area (Å²) in [6.07, 6.45) is -0.730. The number of aryl methyl sites for hydroxylation is 1. The maximum absolute atomic E-state index is 13.4. The van der Waals surface area contributed by atoms with E-state index < -0.39 is 6.10 Å². The van der Waals surface area contributed by atoms with Crippen LogP contribution in [0.2, 0.25) is 0 Å². The highest BCUT2D eigenvalue weighted by Crippen LogP contribution is 2.28. The third-order valence-electron chi connectivity index (χ3n) is 2.60. The summed E-state index contributed by atoms with van der Waals surface area (Å²) < 4.78 is 13.4. The van der Waals surface area contributed by atoms with Gasteiger partial charge in [-0.05, 0) is 31.5 Å². The van der Waals surface area contributed by atoms with E-state index >= 15 is 0 Å². The normalized spacial score (nSPS) is 12.6. The smallest absolute Gasteiger partial charge is 0.126 e. The van der Waals surface area contributed by atoms with Gasteiger partial charge in [0.05, 0.1) is 12.7 Å². The van der Waals surface area contributed by atoms with Gasteiger partial charge in [-0.2, -0.15) is 0 Å². The number of aliphatic hydroxyl groups excluding tert-OH is 2. The van der Waals surface area contributed by atoms with E-state index in [1.807, 2.05) is 0 Å². The molecule has 0 amide bonds. The first kappa shape index (κ1) is 12.9. The SMILES string of the molecule is Cc1cc(N(C)CCO)c(C(C)O)cc1F. The molecule has 4 heteroatoms. The second kappa shape index (κ2) is 5.27. The van der Waals surface area contributed by atoms with Gasteiger partial charge in [0.25, 0.3) is 0 Å². The van der Waals surface area contributed by atoms with Gasteiger partial charge in [0.1, 0.15) is 5.82 Å². The molecule has 1 rings (SSSR count). The first-order valence-electron chi connectivity index (χ1n) is 5.27. The van der Waals surface area contributed by atoms with Crippen LogP contribution in [0.5, 0.6) is 0 Å². The van der Waals surface area contributed by atoms with Crippen LogP contribution in [0.1, 0.15) is 24.2 Å². The van der Waals surface area contributed by atoms with Crippen molar-refractivity contribution in [3.8, 4) is 0 Å². The van der Waals surface area contributed by atoms with Crippen LogP contribution in [-0.2, 0) is 0 Å².